The minimum Gasteiger partial charge on any atom is -0.493 e. The van der Waals surface area contributed by atoms with Gasteiger partial charge in [-0.2, -0.15) is 13.2 Å². The number of para-hydroxylation sites is 1. The Morgan fingerprint density at radius 2 is 1.79 bits per heavy atom. The van der Waals surface area contributed by atoms with Crippen LogP contribution < -0.4 is 9.64 Å². The fourth-order valence-corrected chi connectivity index (χ4v) is 5.92. The molecule has 2 aromatic carbocycles. The second-order valence-corrected chi connectivity index (χ2v) is 10.1. The maximum absolute atomic E-state index is 13.7. The van der Waals surface area contributed by atoms with E-state index in [0.717, 1.165) is 34.3 Å². The van der Waals surface area contributed by atoms with E-state index in [1.54, 1.807) is 4.90 Å². The molecular weight excluding hydrogens is 510 g/mol. The average molecular weight is 542 g/mol. The van der Waals surface area contributed by atoms with E-state index in [9.17, 15) is 22.4 Å². The van der Waals surface area contributed by atoms with Crippen LogP contribution in [0.1, 0.15) is 49.9 Å². The van der Waals surface area contributed by atoms with Crippen molar-refractivity contribution in [3.63, 3.8) is 0 Å². The molecule has 9 heteroatoms. The van der Waals surface area contributed by atoms with E-state index in [0.29, 0.717) is 58.1 Å². The molecule has 1 saturated heterocycles. The van der Waals surface area contributed by atoms with E-state index in [1.165, 1.54) is 6.07 Å². The number of anilines is 1. The predicted octanol–water partition coefficient (Wildman–Crippen LogP) is 6.60. The van der Waals surface area contributed by atoms with Crippen molar-refractivity contribution in [1.82, 2.24) is 9.88 Å². The van der Waals surface area contributed by atoms with E-state index >= 15 is 0 Å². The highest BCUT2D eigenvalue weighted by Crippen LogP contribution is 2.45. The molecule has 0 unspecified atom stereocenters. The van der Waals surface area contributed by atoms with Gasteiger partial charge in [-0.3, -0.25) is 9.78 Å². The van der Waals surface area contributed by atoms with Gasteiger partial charge in [0.15, 0.2) is 0 Å². The zero-order valence-corrected chi connectivity index (χ0v) is 22.0. The van der Waals surface area contributed by atoms with Gasteiger partial charge in [0.25, 0.3) is 0 Å². The fraction of sp³-hybridized carbons (Fsp3) is 0.400. The van der Waals surface area contributed by atoms with Gasteiger partial charge in [0, 0.05) is 42.7 Å². The van der Waals surface area contributed by atoms with Gasteiger partial charge < -0.3 is 14.5 Å². The van der Waals surface area contributed by atoms with E-state index in [4.69, 9.17) is 9.72 Å². The molecule has 5 nitrogen and oxygen atoms in total. The van der Waals surface area contributed by atoms with Crippen LogP contribution in [-0.2, 0) is 22.9 Å². The number of carbonyl (C=O) groups is 1. The van der Waals surface area contributed by atoms with Crippen molar-refractivity contribution in [3.8, 4) is 17.0 Å². The predicted molar refractivity (Wildman–Crippen MR) is 141 cm³/mol. The number of amides is 1. The van der Waals surface area contributed by atoms with Crippen molar-refractivity contribution in [1.29, 1.82) is 0 Å². The smallest absolute Gasteiger partial charge is 0.418 e. The quantitative estimate of drug-likeness (QED) is 0.342. The van der Waals surface area contributed by atoms with Gasteiger partial charge in [0.05, 0.1) is 30.1 Å². The highest BCUT2D eigenvalue weighted by atomic mass is 19.4. The number of ether oxygens (including phenoxy) is 1. The second-order valence-electron chi connectivity index (χ2n) is 10.1. The molecule has 1 spiro atoms. The molecule has 1 fully saturated rings. The lowest BCUT2D eigenvalue weighted by Crippen LogP contribution is -2.53. The first-order chi connectivity index (χ1) is 18.6. The van der Waals surface area contributed by atoms with Crippen molar-refractivity contribution in [2.24, 2.45) is 0 Å². The monoisotopic (exact) mass is 541 g/mol. The van der Waals surface area contributed by atoms with Crippen LogP contribution in [0.3, 0.4) is 0 Å². The van der Waals surface area contributed by atoms with Crippen LogP contribution in [0.5, 0.6) is 5.75 Å². The van der Waals surface area contributed by atoms with Gasteiger partial charge in [0.2, 0.25) is 5.91 Å². The lowest BCUT2D eigenvalue weighted by atomic mass is 9.69. The van der Waals surface area contributed by atoms with E-state index < -0.39 is 23.0 Å². The first-order valence-electron chi connectivity index (χ1n) is 13.3. The number of piperidine rings is 1. The minimum atomic E-state index is -4.66. The van der Waals surface area contributed by atoms with Crippen molar-refractivity contribution in [2.75, 3.05) is 31.1 Å². The first-order valence-corrected chi connectivity index (χ1v) is 13.3. The summed E-state index contributed by atoms with van der Waals surface area (Å²) >= 11 is 0. The molecule has 39 heavy (non-hydrogen) atoms. The summed E-state index contributed by atoms with van der Waals surface area (Å²) in [5.41, 5.74) is 2.03. The first kappa shape index (κ1) is 27.0. The summed E-state index contributed by atoms with van der Waals surface area (Å²) < 4.78 is 60.6. The molecule has 3 aromatic rings. The van der Waals surface area contributed by atoms with Gasteiger partial charge in [-0.05, 0) is 61.7 Å². The number of fused-ring (bicyclic) bond motifs is 2. The minimum absolute atomic E-state index is 0.0160. The highest BCUT2D eigenvalue weighted by Gasteiger charge is 2.45. The summed E-state index contributed by atoms with van der Waals surface area (Å²) in [7, 11) is 0. The molecule has 0 bridgehead atoms. The standard InChI is InChI=1S/C30H31F4N3O2/c1-3-28(38)37-18-25-22(10-11-24(35-25)21-7-5-6-8-27(21)39-4-2)29(19-37)13-15-36(16-14-29)26-12-9-20(31)17-23(26)30(32,33)34/h5-12,17H,3-4,13-16,18-19H2,1-2H3. The molecule has 1 aromatic heterocycles. The molecule has 0 atom stereocenters. The molecular formula is C30H31F4N3O2. The largest absolute Gasteiger partial charge is 0.493 e. The van der Waals surface area contributed by atoms with Gasteiger partial charge >= 0.3 is 6.18 Å². The highest BCUT2D eigenvalue weighted by molar-refractivity contribution is 5.76. The topological polar surface area (TPSA) is 45.7 Å². The molecule has 0 aliphatic carbocycles. The molecule has 1 amide bonds. The molecule has 2 aliphatic heterocycles. The molecule has 0 saturated carbocycles. The van der Waals surface area contributed by atoms with Crippen molar-refractivity contribution in [2.45, 2.75) is 51.2 Å². The summed E-state index contributed by atoms with van der Waals surface area (Å²) in [5.74, 6) is -0.169. The molecule has 0 radical (unpaired) electrons. The zero-order valence-electron chi connectivity index (χ0n) is 22.0. The number of rotatable bonds is 5. The number of halogens is 4. The SMILES string of the molecule is CCOc1ccccc1-c1ccc2c(n1)CN(C(=O)CC)CC21CCN(c2ccc(F)cc2C(F)(F)F)CC1. The zero-order chi connectivity index (χ0) is 27.8. The number of nitrogens with zero attached hydrogens (tertiary/aromatic N) is 3. The van der Waals surface area contributed by atoms with Gasteiger partial charge in [-0.15, -0.1) is 0 Å². The third-order valence-electron chi connectivity index (χ3n) is 7.82. The molecule has 206 valence electrons. The Morgan fingerprint density at radius 1 is 1.05 bits per heavy atom. The molecule has 0 N–H and O–H groups in total. The molecule has 5 rings (SSSR count). The van der Waals surface area contributed by atoms with Crippen LogP contribution >= 0.6 is 0 Å². The lowest BCUT2D eigenvalue weighted by molar-refractivity contribution is -0.137. The Labute approximate surface area is 225 Å². The summed E-state index contributed by atoms with van der Waals surface area (Å²) in [6.07, 6.45) is -3.22. The number of aromatic nitrogens is 1. The van der Waals surface area contributed by atoms with Gasteiger partial charge in [0.1, 0.15) is 11.6 Å². The van der Waals surface area contributed by atoms with Crippen LogP contribution in [-0.4, -0.2) is 42.0 Å². The van der Waals surface area contributed by atoms with Crippen molar-refractivity contribution >= 4 is 11.6 Å². The van der Waals surface area contributed by atoms with Crippen LogP contribution in [0.4, 0.5) is 23.2 Å². The number of hydrogen-bond acceptors (Lipinski definition) is 4. The number of carbonyl (C=O) groups excluding carboxylic acids is 1. The summed E-state index contributed by atoms with van der Waals surface area (Å²) in [5, 5.41) is 0. The van der Waals surface area contributed by atoms with Gasteiger partial charge in [-0.1, -0.05) is 25.1 Å². The Bertz CT molecular complexity index is 1370. The number of pyridine rings is 1. The number of alkyl halides is 3. The Morgan fingerprint density at radius 3 is 2.49 bits per heavy atom. The fourth-order valence-electron chi connectivity index (χ4n) is 5.92. The van der Waals surface area contributed by atoms with Crippen LogP contribution in [0.15, 0.2) is 54.6 Å². The average Bonchev–Trinajstić information content (AvgIpc) is 2.93. The lowest BCUT2D eigenvalue weighted by Gasteiger charge is -2.49. The normalized spacial score (nSPS) is 16.8. The second kappa shape index (κ2) is 10.5. The third-order valence-corrected chi connectivity index (χ3v) is 7.82. The third kappa shape index (κ3) is 5.18. The number of hydrogen-bond donors (Lipinski definition) is 0. The summed E-state index contributed by atoms with van der Waals surface area (Å²) in [6, 6.07) is 14.5. The number of benzene rings is 2. The summed E-state index contributed by atoms with van der Waals surface area (Å²) in [4.78, 5) is 21.4. The molecule has 3 heterocycles. The van der Waals surface area contributed by atoms with Gasteiger partial charge in [-0.25, -0.2) is 4.39 Å². The Hall–Kier alpha value is -3.62. The van der Waals surface area contributed by atoms with Crippen molar-refractivity contribution in [3.05, 3.63) is 77.2 Å². The van der Waals surface area contributed by atoms with Crippen molar-refractivity contribution < 1.29 is 27.1 Å². The van der Waals surface area contributed by atoms with Crippen LogP contribution in [0.25, 0.3) is 11.3 Å². The van der Waals surface area contributed by atoms with E-state index in [1.807, 2.05) is 49.1 Å². The van der Waals surface area contributed by atoms with E-state index in [2.05, 4.69) is 6.07 Å². The Balaban J connectivity index is 1.50. The Kier molecular flexibility index (Phi) is 7.27. The maximum atomic E-state index is 13.7. The van der Waals surface area contributed by atoms with Crippen LogP contribution in [0.2, 0.25) is 0 Å². The summed E-state index contributed by atoms with van der Waals surface area (Å²) in [6.45, 7) is 5.83. The molecule has 2 aliphatic rings. The van der Waals surface area contributed by atoms with E-state index in [-0.39, 0.29) is 11.6 Å². The maximum Gasteiger partial charge on any atom is 0.418 e. The van der Waals surface area contributed by atoms with Crippen LogP contribution in [0, 0.1) is 5.82 Å².